The lowest BCUT2D eigenvalue weighted by Crippen LogP contribution is -2.49. The number of thioether (sulfide) groups is 1. The van der Waals surface area contributed by atoms with Crippen LogP contribution in [-0.4, -0.2) is 34.6 Å². The third-order valence-electron chi connectivity index (χ3n) is 4.31. The van der Waals surface area contributed by atoms with E-state index >= 15 is 0 Å². The SMILES string of the molecule is CC(C)NC(=O)C(C)N(Cc1ccc(Cl)cc1)C(=O)CSCc1ccccc1F. The Morgan fingerprint density at radius 1 is 1.10 bits per heavy atom. The quantitative estimate of drug-likeness (QED) is 0.622. The van der Waals surface area contributed by atoms with E-state index in [4.69, 9.17) is 11.6 Å². The highest BCUT2D eigenvalue weighted by Gasteiger charge is 2.26. The summed E-state index contributed by atoms with van der Waals surface area (Å²) < 4.78 is 13.8. The molecule has 1 atom stereocenters. The van der Waals surface area contributed by atoms with E-state index in [1.54, 1.807) is 42.2 Å². The van der Waals surface area contributed by atoms with Gasteiger partial charge in [0.25, 0.3) is 0 Å². The van der Waals surface area contributed by atoms with E-state index in [0.717, 1.165) is 5.56 Å². The number of carbonyl (C=O) groups is 2. The summed E-state index contributed by atoms with van der Waals surface area (Å²) in [6, 6.07) is 13.0. The zero-order valence-electron chi connectivity index (χ0n) is 16.8. The average molecular weight is 437 g/mol. The number of nitrogens with zero attached hydrogens (tertiary/aromatic N) is 1. The summed E-state index contributed by atoms with van der Waals surface area (Å²) in [5.41, 5.74) is 1.44. The first kappa shape index (κ1) is 23.2. The standard InChI is InChI=1S/C22H26ClFN2O2S/c1-15(2)25-22(28)16(3)26(12-17-8-10-19(23)11-9-17)21(27)14-29-13-18-6-4-5-7-20(18)24/h4-11,15-16H,12-14H2,1-3H3,(H,25,28). The molecule has 0 saturated carbocycles. The van der Waals surface area contributed by atoms with E-state index < -0.39 is 6.04 Å². The molecule has 2 aromatic rings. The third-order valence-corrected chi connectivity index (χ3v) is 5.52. The first-order valence-corrected chi connectivity index (χ1v) is 11.0. The number of rotatable bonds is 9. The molecular formula is C22H26ClFN2O2S. The lowest BCUT2D eigenvalue weighted by atomic mass is 10.1. The molecule has 1 unspecified atom stereocenters. The molecule has 0 aliphatic rings. The Morgan fingerprint density at radius 2 is 1.76 bits per heavy atom. The number of amides is 2. The van der Waals surface area contributed by atoms with Crippen LogP contribution < -0.4 is 5.32 Å². The highest BCUT2D eigenvalue weighted by Crippen LogP contribution is 2.18. The Hall–Kier alpha value is -2.05. The Balaban J connectivity index is 2.07. The van der Waals surface area contributed by atoms with E-state index in [-0.39, 0.29) is 29.4 Å². The molecule has 1 N–H and O–H groups in total. The summed E-state index contributed by atoms with van der Waals surface area (Å²) in [6.07, 6.45) is 0. The van der Waals surface area contributed by atoms with Crippen LogP contribution in [0.25, 0.3) is 0 Å². The van der Waals surface area contributed by atoms with Gasteiger partial charge < -0.3 is 10.2 Å². The number of hydrogen-bond acceptors (Lipinski definition) is 3. The minimum absolute atomic E-state index is 0.0205. The number of benzene rings is 2. The predicted octanol–water partition coefficient (Wildman–Crippen LogP) is 4.65. The van der Waals surface area contributed by atoms with Gasteiger partial charge in [0.2, 0.25) is 11.8 Å². The summed E-state index contributed by atoms with van der Waals surface area (Å²) in [7, 11) is 0. The zero-order chi connectivity index (χ0) is 21.4. The van der Waals surface area contributed by atoms with E-state index in [9.17, 15) is 14.0 Å². The van der Waals surface area contributed by atoms with Gasteiger partial charge in [0.15, 0.2) is 0 Å². The van der Waals surface area contributed by atoms with Gasteiger partial charge in [-0.15, -0.1) is 11.8 Å². The monoisotopic (exact) mass is 436 g/mol. The number of hydrogen-bond donors (Lipinski definition) is 1. The van der Waals surface area contributed by atoms with Crippen LogP contribution in [0.4, 0.5) is 4.39 Å². The second-order valence-electron chi connectivity index (χ2n) is 7.07. The van der Waals surface area contributed by atoms with Crippen molar-refractivity contribution in [2.24, 2.45) is 0 Å². The van der Waals surface area contributed by atoms with E-state index in [0.29, 0.717) is 22.9 Å². The second kappa shape index (κ2) is 11.2. The fraction of sp³-hybridized carbons (Fsp3) is 0.364. The highest BCUT2D eigenvalue weighted by atomic mass is 35.5. The molecule has 0 bridgehead atoms. The summed E-state index contributed by atoms with van der Waals surface area (Å²) in [5.74, 6) is -0.120. The van der Waals surface area contributed by atoms with Crippen LogP contribution in [-0.2, 0) is 21.9 Å². The fourth-order valence-electron chi connectivity index (χ4n) is 2.72. The summed E-state index contributed by atoms with van der Waals surface area (Å²) in [6.45, 7) is 5.76. The van der Waals surface area contributed by atoms with Crippen molar-refractivity contribution in [3.63, 3.8) is 0 Å². The summed E-state index contributed by atoms with van der Waals surface area (Å²) in [4.78, 5) is 27.0. The van der Waals surface area contributed by atoms with E-state index in [1.807, 2.05) is 26.0 Å². The van der Waals surface area contributed by atoms with Gasteiger partial charge in [-0.1, -0.05) is 41.9 Å². The normalized spacial score (nSPS) is 11.9. The topological polar surface area (TPSA) is 49.4 Å². The molecule has 0 aliphatic heterocycles. The Morgan fingerprint density at radius 3 is 2.38 bits per heavy atom. The molecule has 4 nitrogen and oxygen atoms in total. The van der Waals surface area contributed by atoms with Gasteiger partial charge in [0.05, 0.1) is 5.75 Å². The molecular weight excluding hydrogens is 411 g/mol. The Bertz CT molecular complexity index is 830. The van der Waals surface area contributed by atoms with Crippen molar-refractivity contribution >= 4 is 35.2 Å². The molecule has 0 spiro atoms. The maximum Gasteiger partial charge on any atom is 0.242 e. The third kappa shape index (κ3) is 7.37. The van der Waals surface area contributed by atoms with Gasteiger partial charge in [-0.2, -0.15) is 0 Å². The fourth-order valence-corrected chi connectivity index (χ4v) is 3.74. The molecule has 2 rings (SSSR count). The van der Waals surface area contributed by atoms with E-state index in [2.05, 4.69) is 5.32 Å². The molecule has 0 heterocycles. The largest absolute Gasteiger partial charge is 0.352 e. The van der Waals surface area contributed by atoms with Gasteiger partial charge in [-0.25, -0.2) is 4.39 Å². The van der Waals surface area contributed by atoms with Crippen molar-refractivity contribution in [2.45, 2.75) is 45.2 Å². The van der Waals surface area contributed by atoms with Crippen molar-refractivity contribution in [3.8, 4) is 0 Å². The van der Waals surface area contributed by atoms with E-state index in [1.165, 1.54) is 17.8 Å². The summed E-state index contributed by atoms with van der Waals surface area (Å²) in [5, 5.41) is 3.46. The number of halogens is 2. The summed E-state index contributed by atoms with van der Waals surface area (Å²) >= 11 is 7.27. The highest BCUT2D eigenvalue weighted by molar-refractivity contribution is 7.99. The molecule has 0 fully saturated rings. The molecule has 0 aliphatic carbocycles. The predicted molar refractivity (Wildman–Crippen MR) is 117 cm³/mol. The molecule has 2 amide bonds. The lowest BCUT2D eigenvalue weighted by Gasteiger charge is -2.29. The minimum Gasteiger partial charge on any atom is -0.352 e. The second-order valence-corrected chi connectivity index (χ2v) is 8.49. The first-order valence-electron chi connectivity index (χ1n) is 9.43. The Kier molecular flexibility index (Phi) is 8.99. The first-order chi connectivity index (χ1) is 13.8. The average Bonchev–Trinajstić information content (AvgIpc) is 2.68. The van der Waals surface area contributed by atoms with Crippen molar-refractivity contribution in [1.82, 2.24) is 10.2 Å². The van der Waals surface area contributed by atoms with Crippen molar-refractivity contribution in [2.75, 3.05) is 5.75 Å². The maximum absolute atomic E-state index is 13.8. The van der Waals surface area contributed by atoms with Crippen LogP contribution in [0.2, 0.25) is 5.02 Å². The molecule has 0 radical (unpaired) electrons. The van der Waals surface area contributed by atoms with Gasteiger partial charge >= 0.3 is 0 Å². The minimum atomic E-state index is -0.630. The lowest BCUT2D eigenvalue weighted by molar-refractivity contribution is -0.138. The van der Waals surface area contributed by atoms with Crippen LogP contribution in [0.1, 0.15) is 31.9 Å². The molecule has 0 aromatic heterocycles. The number of nitrogens with one attached hydrogen (secondary N) is 1. The molecule has 2 aromatic carbocycles. The molecule has 7 heteroatoms. The number of carbonyl (C=O) groups excluding carboxylic acids is 2. The molecule has 156 valence electrons. The smallest absolute Gasteiger partial charge is 0.242 e. The molecule has 0 saturated heterocycles. The van der Waals surface area contributed by atoms with Crippen molar-refractivity contribution in [1.29, 1.82) is 0 Å². The zero-order valence-corrected chi connectivity index (χ0v) is 18.4. The van der Waals surface area contributed by atoms with Gasteiger partial charge in [-0.3, -0.25) is 9.59 Å². The maximum atomic E-state index is 13.8. The van der Waals surface area contributed by atoms with Crippen LogP contribution in [0.5, 0.6) is 0 Å². The van der Waals surface area contributed by atoms with Gasteiger partial charge in [0, 0.05) is 23.4 Å². The van der Waals surface area contributed by atoms with Crippen LogP contribution in [0, 0.1) is 5.82 Å². The van der Waals surface area contributed by atoms with Gasteiger partial charge in [-0.05, 0) is 50.1 Å². The van der Waals surface area contributed by atoms with Gasteiger partial charge in [0.1, 0.15) is 11.9 Å². The van der Waals surface area contributed by atoms with Crippen molar-refractivity contribution < 1.29 is 14.0 Å². The van der Waals surface area contributed by atoms with Crippen LogP contribution >= 0.6 is 23.4 Å². The van der Waals surface area contributed by atoms with Crippen LogP contribution in [0.15, 0.2) is 48.5 Å². The molecule has 29 heavy (non-hydrogen) atoms. The van der Waals surface area contributed by atoms with Crippen molar-refractivity contribution in [3.05, 3.63) is 70.5 Å². The van der Waals surface area contributed by atoms with Crippen LogP contribution in [0.3, 0.4) is 0 Å². The Labute approximate surface area is 180 Å².